The number of pyridine rings is 1. The molecule has 0 fully saturated rings. The molecule has 96 valence electrons. The smallest absolute Gasteiger partial charge is 0.129 e. The van der Waals surface area contributed by atoms with Crippen LogP contribution in [0, 0.1) is 5.92 Å². The summed E-state index contributed by atoms with van der Waals surface area (Å²) in [5, 5.41) is 1.11. The molecule has 0 radical (unpaired) electrons. The lowest BCUT2D eigenvalue weighted by Crippen LogP contribution is -2.03. The van der Waals surface area contributed by atoms with Crippen molar-refractivity contribution in [2.45, 2.75) is 26.9 Å². The van der Waals surface area contributed by atoms with E-state index in [4.69, 9.17) is 10.5 Å². The quantitative estimate of drug-likeness (QED) is 0.820. The van der Waals surface area contributed by atoms with Gasteiger partial charge < -0.3 is 10.5 Å². The molecular weight excluding hydrogens is 224 g/mol. The predicted molar refractivity (Wildman–Crippen MR) is 75.3 cm³/mol. The fourth-order valence-corrected chi connectivity index (χ4v) is 1.79. The van der Waals surface area contributed by atoms with E-state index in [0.29, 0.717) is 18.3 Å². The minimum atomic E-state index is 0.538. The van der Waals surface area contributed by atoms with E-state index < -0.39 is 0 Å². The van der Waals surface area contributed by atoms with Crippen LogP contribution in [0.2, 0.25) is 0 Å². The van der Waals surface area contributed by atoms with Crippen molar-refractivity contribution in [2.75, 3.05) is 12.3 Å². The van der Waals surface area contributed by atoms with Crippen LogP contribution < -0.4 is 5.73 Å². The number of rotatable bonds is 5. The maximum atomic E-state index is 5.94. The van der Waals surface area contributed by atoms with E-state index in [2.05, 4.69) is 24.9 Å². The maximum Gasteiger partial charge on any atom is 0.129 e. The number of nitrogens with two attached hydrogens (primary N) is 1. The Labute approximate surface area is 108 Å². The lowest BCUT2D eigenvalue weighted by atomic mass is 10.1. The monoisotopic (exact) mass is 244 g/mol. The van der Waals surface area contributed by atoms with Crippen molar-refractivity contribution in [2.24, 2.45) is 5.92 Å². The molecule has 0 amide bonds. The third-order valence-electron chi connectivity index (χ3n) is 2.93. The zero-order valence-corrected chi connectivity index (χ0v) is 11.0. The molecule has 3 heteroatoms. The standard InChI is InChI=1S/C15H20N2O/c1-11(2)7-8-18-10-13-9-12-5-3-4-6-14(12)17-15(13)16/h3-6,9,11H,7-8,10H2,1-2H3,(H2,16,17). The summed E-state index contributed by atoms with van der Waals surface area (Å²) in [6, 6.07) is 10.0. The van der Waals surface area contributed by atoms with Crippen molar-refractivity contribution in [3.05, 3.63) is 35.9 Å². The Hall–Kier alpha value is -1.61. The lowest BCUT2D eigenvalue weighted by molar-refractivity contribution is 0.111. The Morgan fingerprint density at radius 2 is 2.06 bits per heavy atom. The first-order chi connectivity index (χ1) is 8.66. The van der Waals surface area contributed by atoms with E-state index in [9.17, 15) is 0 Å². The third-order valence-corrected chi connectivity index (χ3v) is 2.93. The molecule has 0 saturated carbocycles. The van der Waals surface area contributed by atoms with Gasteiger partial charge in [-0.15, -0.1) is 0 Å². The molecule has 2 aromatic rings. The van der Waals surface area contributed by atoms with Crippen LogP contribution in [-0.4, -0.2) is 11.6 Å². The second-order valence-electron chi connectivity index (χ2n) is 4.96. The molecule has 1 aromatic carbocycles. The van der Waals surface area contributed by atoms with E-state index in [1.165, 1.54) is 0 Å². The third kappa shape index (κ3) is 3.20. The van der Waals surface area contributed by atoms with Crippen LogP contribution in [0.4, 0.5) is 5.82 Å². The first kappa shape index (κ1) is 12.8. The van der Waals surface area contributed by atoms with Crippen molar-refractivity contribution in [3.63, 3.8) is 0 Å². The molecule has 0 aliphatic carbocycles. The summed E-state index contributed by atoms with van der Waals surface area (Å²) in [5.41, 5.74) is 7.84. The fraction of sp³-hybridized carbons (Fsp3) is 0.400. The van der Waals surface area contributed by atoms with Crippen molar-refractivity contribution >= 4 is 16.7 Å². The van der Waals surface area contributed by atoms with Gasteiger partial charge in [0, 0.05) is 17.6 Å². The Morgan fingerprint density at radius 1 is 1.28 bits per heavy atom. The molecule has 0 aliphatic heterocycles. The molecule has 0 unspecified atom stereocenters. The largest absolute Gasteiger partial charge is 0.383 e. The summed E-state index contributed by atoms with van der Waals surface area (Å²) < 4.78 is 5.64. The highest BCUT2D eigenvalue weighted by molar-refractivity contribution is 5.81. The van der Waals surface area contributed by atoms with Gasteiger partial charge in [0.25, 0.3) is 0 Å². The van der Waals surface area contributed by atoms with E-state index in [-0.39, 0.29) is 0 Å². The first-order valence-corrected chi connectivity index (χ1v) is 6.38. The lowest BCUT2D eigenvalue weighted by Gasteiger charge is -2.09. The van der Waals surface area contributed by atoms with Crippen molar-refractivity contribution in [3.8, 4) is 0 Å². The van der Waals surface area contributed by atoms with Crippen LogP contribution in [-0.2, 0) is 11.3 Å². The van der Waals surface area contributed by atoms with E-state index in [1.807, 2.05) is 24.3 Å². The summed E-state index contributed by atoms with van der Waals surface area (Å²) >= 11 is 0. The van der Waals surface area contributed by atoms with Gasteiger partial charge in [-0.05, 0) is 24.5 Å². The molecule has 2 rings (SSSR count). The highest BCUT2D eigenvalue weighted by Gasteiger charge is 2.04. The zero-order chi connectivity index (χ0) is 13.0. The van der Waals surface area contributed by atoms with Crippen LogP contribution in [0.5, 0.6) is 0 Å². The molecule has 3 nitrogen and oxygen atoms in total. The Kier molecular flexibility index (Phi) is 4.15. The van der Waals surface area contributed by atoms with Gasteiger partial charge in [0.2, 0.25) is 0 Å². The topological polar surface area (TPSA) is 48.1 Å². The number of fused-ring (bicyclic) bond motifs is 1. The summed E-state index contributed by atoms with van der Waals surface area (Å²) in [6.45, 7) is 5.69. The van der Waals surface area contributed by atoms with Crippen molar-refractivity contribution < 1.29 is 4.74 Å². The van der Waals surface area contributed by atoms with Gasteiger partial charge in [-0.2, -0.15) is 0 Å². The maximum absolute atomic E-state index is 5.94. The molecule has 0 saturated heterocycles. The highest BCUT2D eigenvalue weighted by Crippen LogP contribution is 2.19. The van der Waals surface area contributed by atoms with Crippen molar-refractivity contribution in [1.29, 1.82) is 0 Å². The molecule has 0 spiro atoms. The van der Waals surface area contributed by atoms with Crippen LogP contribution in [0.3, 0.4) is 0 Å². The molecule has 1 heterocycles. The Bertz CT molecular complexity index is 523. The number of ether oxygens (including phenoxy) is 1. The van der Waals surface area contributed by atoms with Crippen LogP contribution in [0.25, 0.3) is 10.9 Å². The summed E-state index contributed by atoms with van der Waals surface area (Å²) in [4.78, 5) is 4.39. The molecule has 0 atom stereocenters. The average molecular weight is 244 g/mol. The number of hydrogen-bond donors (Lipinski definition) is 1. The van der Waals surface area contributed by atoms with E-state index in [1.54, 1.807) is 0 Å². The van der Waals surface area contributed by atoms with Gasteiger partial charge in [0.05, 0.1) is 12.1 Å². The van der Waals surface area contributed by atoms with Crippen LogP contribution in [0.1, 0.15) is 25.8 Å². The molecule has 0 aliphatic rings. The number of anilines is 1. The number of para-hydroxylation sites is 1. The normalized spacial score (nSPS) is 11.3. The molecule has 1 aromatic heterocycles. The van der Waals surface area contributed by atoms with Crippen LogP contribution >= 0.6 is 0 Å². The summed E-state index contributed by atoms with van der Waals surface area (Å²) in [6.07, 6.45) is 1.07. The zero-order valence-electron chi connectivity index (χ0n) is 11.0. The second kappa shape index (κ2) is 5.83. The minimum absolute atomic E-state index is 0.538. The predicted octanol–water partition coefficient (Wildman–Crippen LogP) is 3.38. The minimum Gasteiger partial charge on any atom is -0.383 e. The molecule has 18 heavy (non-hydrogen) atoms. The second-order valence-corrected chi connectivity index (χ2v) is 4.96. The number of nitrogens with zero attached hydrogens (tertiary/aromatic N) is 1. The van der Waals surface area contributed by atoms with Gasteiger partial charge >= 0.3 is 0 Å². The van der Waals surface area contributed by atoms with Gasteiger partial charge in [0.1, 0.15) is 5.82 Å². The average Bonchev–Trinajstić information content (AvgIpc) is 2.34. The number of aromatic nitrogens is 1. The molecular formula is C15H20N2O. The fourth-order valence-electron chi connectivity index (χ4n) is 1.79. The van der Waals surface area contributed by atoms with Gasteiger partial charge in [-0.3, -0.25) is 0 Å². The highest BCUT2D eigenvalue weighted by atomic mass is 16.5. The first-order valence-electron chi connectivity index (χ1n) is 6.38. The summed E-state index contributed by atoms with van der Waals surface area (Å²) in [7, 11) is 0. The van der Waals surface area contributed by atoms with Gasteiger partial charge in [-0.1, -0.05) is 32.0 Å². The van der Waals surface area contributed by atoms with Gasteiger partial charge in [0.15, 0.2) is 0 Å². The van der Waals surface area contributed by atoms with E-state index in [0.717, 1.165) is 29.5 Å². The van der Waals surface area contributed by atoms with E-state index >= 15 is 0 Å². The molecule has 2 N–H and O–H groups in total. The van der Waals surface area contributed by atoms with Crippen molar-refractivity contribution in [1.82, 2.24) is 4.98 Å². The van der Waals surface area contributed by atoms with Gasteiger partial charge in [-0.25, -0.2) is 4.98 Å². The SMILES string of the molecule is CC(C)CCOCc1cc2ccccc2nc1N. The number of benzene rings is 1. The Morgan fingerprint density at radius 3 is 2.83 bits per heavy atom. The Balaban J connectivity index is 2.06. The number of nitrogen functional groups attached to an aromatic ring is 1. The summed E-state index contributed by atoms with van der Waals surface area (Å²) in [5.74, 6) is 1.23. The van der Waals surface area contributed by atoms with Crippen LogP contribution in [0.15, 0.2) is 30.3 Å². The molecule has 0 bridgehead atoms. The number of hydrogen-bond acceptors (Lipinski definition) is 3.